The second kappa shape index (κ2) is 18.6. The molecule has 0 aliphatic rings. The fourth-order valence-corrected chi connectivity index (χ4v) is 5.78. The summed E-state index contributed by atoms with van der Waals surface area (Å²) in [5, 5.41) is 16.2. The highest BCUT2D eigenvalue weighted by molar-refractivity contribution is 6.13. The summed E-state index contributed by atoms with van der Waals surface area (Å²) in [7, 11) is 0. The minimum atomic E-state index is -0.738. The minimum Gasteiger partial charge on any atom is -0.351 e. The summed E-state index contributed by atoms with van der Waals surface area (Å²) in [5.41, 5.74) is 25.7. The first-order chi connectivity index (χ1) is 23.2. The summed E-state index contributed by atoms with van der Waals surface area (Å²) in [5.74, 6) is -3.40. The van der Waals surface area contributed by atoms with Crippen molar-refractivity contribution < 1.29 is 28.8 Å². The molecule has 0 spiro atoms. The summed E-state index contributed by atoms with van der Waals surface area (Å²) in [6, 6.07) is 0. The predicted octanol–water partition coefficient (Wildman–Crippen LogP) is -0.742. The van der Waals surface area contributed by atoms with Crippen LogP contribution < -0.4 is 54.8 Å². The number of nitrogens with two attached hydrogens (primary N) is 4. The largest absolute Gasteiger partial charge is 0.351 e. The van der Waals surface area contributed by atoms with Crippen LogP contribution in [0.2, 0.25) is 0 Å². The molecule has 0 saturated carbocycles. The molecule has 0 bridgehead atoms. The van der Waals surface area contributed by atoms with E-state index in [0.29, 0.717) is 33.4 Å². The van der Waals surface area contributed by atoms with Crippen molar-refractivity contribution in [3.8, 4) is 0 Å². The molecule has 2 rings (SSSR count). The van der Waals surface area contributed by atoms with Gasteiger partial charge in [0.05, 0.1) is 0 Å². The molecule has 2 aromatic rings. The van der Waals surface area contributed by atoms with Gasteiger partial charge in [-0.05, 0) is 74.9 Å². The van der Waals surface area contributed by atoms with E-state index in [2.05, 4.69) is 31.9 Å². The van der Waals surface area contributed by atoms with Gasteiger partial charge in [0.2, 0.25) is 11.8 Å². The second-order valence-corrected chi connectivity index (χ2v) is 11.5. The number of carbonyl (C=O) groups excluding carboxylic acids is 6. The van der Waals surface area contributed by atoms with Gasteiger partial charge >= 0.3 is 0 Å². The molecule has 0 atom stereocenters. The van der Waals surface area contributed by atoms with Crippen LogP contribution in [0.4, 0.5) is 11.4 Å². The minimum absolute atomic E-state index is 0.184. The molecule has 0 radical (unpaired) electrons. The van der Waals surface area contributed by atoms with Gasteiger partial charge in [-0.3, -0.25) is 28.8 Å². The average Bonchev–Trinajstić information content (AvgIpc) is 3.04. The molecule has 16 nitrogen and oxygen atoms in total. The quantitative estimate of drug-likeness (QED) is 0.0990. The van der Waals surface area contributed by atoms with Crippen molar-refractivity contribution in [1.82, 2.24) is 21.3 Å². The van der Waals surface area contributed by atoms with E-state index in [9.17, 15) is 28.8 Å². The highest BCUT2D eigenvalue weighted by Gasteiger charge is 2.28. The first-order valence-corrected chi connectivity index (χ1v) is 16.0. The van der Waals surface area contributed by atoms with Crippen molar-refractivity contribution in [2.24, 2.45) is 22.9 Å². The molecule has 49 heavy (non-hydrogen) atoms. The molecule has 6 amide bonds. The summed E-state index contributed by atoms with van der Waals surface area (Å²) >= 11 is 0. The number of hydrogen-bond acceptors (Lipinski definition) is 10. The molecule has 268 valence electrons. The Balaban J connectivity index is 2.54. The van der Waals surface area contributed by atoms with Gasteiger partial charge in [0, 0.05) is 86.0 Å². The first kappa shape index (κ1) is 40.3. The maximum atomic E-state index is 13.4. The Morgan fingerprint density at radius 3 is 0.837 bits per heavy atom. The number of hydrogen-bond donors (Lipinski definition) is 10. The van der Waals surface area contributed by atoms with Gasteiger partial charge in [-0.25, -0.2) is 0 Å². The third-order valence-corrected chi connectivity index (χ3v) is 7.98. The predicted molar refractivity (Wildman–Crippen MR) is 189 cm³/mol. The molecular formula is C33H50N10O6. The van der Waals surface area contributed by atoms with E-state index in [0.717, 1.165) is 0 Å². The Morgan fingerprint density at radius 2 is 0.633 bits per heavy atom. The topological polar surface area (TPSA) is 279 Å². The summed E-state index contributed by atoms with van der Waals surface area (Å²) < 4.78 is 0. The van der Waals surface area contributed by atoms with E-state index in [4.69, 9.17) is 22.9 Å². The molecular weight excluding hydrogens is 632 g/mol. The number of anilines is 2. The zero-order chi connectivity index (χ0) is 37.0. The molecule has 14 N–H and O–H groups in total. The van der Waals surface area contributed by atoms with Crippen LogP contribution in [0.25, 0.3) is 0 Å². The Bertz CT molecular complexity index is 1410. The Morgan fingerprint density at radius 1 is 0.408 bits per heavy atom. The third-order valence-electron chi connectivity index (χ3n) is 7.98. The van der Waals surface area contributed by atoms with Crippen molar-refractivity contribution in [3.63, 3.8) is 0 Å². The van der Waals surface area contributed by atoms with Crippen LogP contribution in [0.5, 0.6) is 0 Å². The molecule has 0 aliphatic carbocycles. The highest BCUT2D eigenvalue weighted by Crippen LogP contribution is 2.33. The van der Waals surface area contributed by atoms with Crippen LogP contribution in [0.3, 0.4) is 0 Å². The zero-order valence-electron chi connectivity index (χ0n) is 29.1. The lowest BCUT2D eigenvalue weighted by Gasteiger charge is -2.23. The number of rotatable bonds is 16. The summed E-state index contributed by atoms with van der Waals surface area (Å²) in [6.07, 6.45) is -0.674. The lowest BCUT2D eigenvalue weighted by molar-refractivity contribution is -0.123. The van der Waals surface area contributed by atoms with Crippen molar-refractivity contribution in [3.05, 3.63) is 55.6 Å². The number of benzene rings is 2. The van der Waals surface area contributed by atoms with Gasteiger partial charge in [-0.1, -0.05) is 0 Å². The van der Waals surface area contributed by atoms with Crippen molar-refractivity contribution >= 4 is 46.8 Å². The highest BCUT2D eigenvalue weighted by atomic mass is 16.2. The van der Waals surface area contributed by atoms with Crippen LogP contribution in [0.15, 0.2) is 0 Å². The second-order valence-electron chi connectivity index (χ2n) is 11.5. The van der Waals surface area contributed by atoms with Gasteiger partial charge < -0.3 is 54.8 Å². The monoisotopic (exact) mass is 682 g/mol. The number of nitrogens with one attached hydrogen (secondary N) is 6. The fourth-order valence-electron chi connectivity index (χ4n) is 5.78. The average molecular weight is 683 g/mol. The van der Waals surface area contributed by atoms with Crippen LogP contribution in [-0.2, 0) is 9.59 Å². The molecule has 0 fully saturated rings. The molecule has 0 aliphatic heterocycles. The molecule has 0 unspecified atom stereocenters. The molecule has 0 aromatic heterocycles. The number of carbonyl (C=O) groups is 6. The van der Waals surface area contributed by atoms with E-state index >= 15 is 0 Å². The Labute approximate surface area is 286 Å². The van der Waals surface area contributed by atoms with E-state index in [-0.39, 0.29) is 86.0 Å². The fraction of sp³-hybridized carbons (Fsp3) is 0.455. The van der Waals surface area contributed by atoms with Gasteiger partial charge in [-0.15, -0.1) is 0 Å². The van der Waals surface area contributed by atoms with Crippen LogP contribution in [-0.4, -0.2) is 87.8 Å². The van der Waals surface area contributed by atoms with Gasteiger partial charge in [0.25, 0.3) is 23.6 Å². The maximum absolute atomic E-state index is 13.4. The smallest absolute Gasteiger partial charge is 0.251 e. The summed E-state index contributed by atoms with van der Waals surface area (Å²) in [6.45, 7) is 11.3. The standard InChI is InChI=1S/C33H50N10O6/c1-16-24(30(46)38-11-7-34)18(3)28(19(4)25(16)31(47)39-12-8-35)42-22(44)15-23(45)43-29-20(5)26(32(48)40-13-9-36)17(2)27(21(29)6)33(49)41-14-10-37/h7-15,34-37H2,1-6H3,(H,38,46)(H,39,47)(H,40,48)(H,41,49)(H,42,44)(H,43,45). The Kier molecular flexibility index (Phi) is 15.3. The summed E-state index contributed by atoms with van der Waals surface area (Å²) in [4.78, 5) is 79.3. The maximum Gasteiger partial charge on any atom is 0.251 e. The normalized spacial score (nSPS) is 10.7. The van der Waals surface area contributed by atoms with E-state index in [1.165, 1.54) is 0 Å². The zero-order valence-corrected chi connectivity index (χ0v) is 29.1. The van der Waals surface area contributed by atoms with Crippen molar-refractivity contribution in [2.45, 2.75) is 48.0 Å². The molecule has 0 heterocycles. The third kappa shape index (κ3) is 9.60. The van der Waals surface area contributed by atoms with E-state index in [1.807, 2.05) is 0 Å². The van der Waals surface area contributed by atoms with E-state index in [1.54, 1.807) is 41.5 Å². The SMILES string of the molecule is Cc1c(NC(=O)CC(=O)Nc2c(C)c(C(=O)NCCN)c(C)c(C(=O)NCCN)c2C)c(C)c(C(=O)NCCN)c(C)c1C(=O)NCCN. The number of amides is 6. The van der Waals surface area contributed by atoms with E-state index < -0.39 is 41.9 Å². The first-order valence-electron chi connectivity index (χ1n) is 16.0. The van der Waals surface area contributed by atoms with Crippen molar-refractivity contribution in [1.29, 1.82) is 0 Å². The van der Waals surface area contributed by atoms with Gasteiger partial charge in [0.1, 0.15) is 6.42 Å². The van der Waals surface area contributed by atoms with Crippen molar-refractivity contribution in [2.75, 3.05) is 63.0 Å². The molecule has 0 saturated heterocycles. The lowest BCUT2D eigenvalue weighted by Crippen LogP contribution is -2.34. The van der Waals surface area contributed by atoms with Gasteiger partial charge in [-0.2, -0.15) is 0 Å². The van der Waals surface area contributed by atoms with Gasteiger partial charge in [0.15, 0.2) is 0 Å². The molecule has 16 heteroatoms. The Hall–Kier alpha value is -4.90. The van der Waals surface area contributed by atoms with Crippen LogP contribution in [0, 0.1) is 41.5 Å². The van der Waals surface area contributed by atoms with Crippen LogP contribution in [0.1, 0.15) is 81.2 Å². The van der Waals surface area contributed by atoms with Crippen LogP contribution >= 0.6 is 0 Å². The molecule has 2 aromatic carbocycles. The lowest BCUT2D eigenvalue weighted by atomic mass is 9.89.